The first-order valence-electron chi connectivity index (χ1n) is 8.08. The van der Waals surface area contributed by atoms with Crippen LogP contribution in [0, 0.1) is 0 Å². The summed E-state index contributed by atoms with van der Waals surface area (Å²) in [6.45, 7) is 2.10. The minimum absolute atomic E-state index is 0.252. The molecule has 2 saturated heterocycles. The number of nitrogens with two attached hydrogens (primary N) is 1. The Labute approximate surface area is 154 Å². The van der Waals surface area contributed by atoms with Gasteiger partial charge in [-0.25, -0.2) is 9.78 Å². The third kappa shape index (κ3) is 3.38. The first-order chi connectivity index (χ1) is 12.0. The van der Waals surface area contributed by atoms with Gasteiger partial charge in [0.25, 0.3) is 0 Å². The van der Waals surface area contributed by atoms with Gasteiger partial charge in [-0.2, -0.15) is 4.98 Å². The molecule has 4 heterocycles. The number of likely N-dealkylation sites (N-methyl/N-ethyl adjacent to an activating group) is 1. The van der Waals surface area contributed by atoms with E-state index in [1.807, 2.05) is 17.5 Å². The van der Waals surface area contributed by atoms with Crippen LogP contribution >= 0.6 is 23.1 Å². The molecule has 2 aliphatic heterocycles. The molecule has 2 N–H and O–H groups in total. The molecular weight excluding hydrogens is 358 g/mol. The van der Waals surface area contributed by atoms with Gasteiger partial charge in [0.1, 0.15) is 16.4 Å². The van der Waals surface area contributed by atoms with Gasteiger partial charge < -0.3 is 20.3 Å². The summed E-state index contributed by atoms with van der Waals surface area (Å²) in [6, 6.07) is 6.02. The van der Waals surface area contributed by atoms with Crippen molar-refractivity contribution in [2.75, 3.05) is 37.3 Å². The molecule has 9 heteroatoms. The van der Waals surface area contributed by atoms with E-state index >= 15 is 0 Å². The van der Waals surface area contributed by atoms with Crippen LogP contribution in [0.2, 0.25) is 0 Å². The van der Waals surface area contributed by atoms with E-state index in [4.69, 9.17) is 10.5 Å². The molecule has 2 aromatic heterocycles. The van der Waals surface area contributed by atoms with Gasteiger partial charge in [0.15, 0.2) is 0 Å². The zero-order valence-electron chi connectivity index (χ0n) is 13.8. The quantitative estimate of drug-likeness (QED) is 0.823. The third-order valence-electron chi connectivity index (χ3n) is 4.41. The van der Waals surface area contributed by atoms with Gasteiger partial charge in [0, 0.05) is 19.7 Å². The smallest absolute Gasteiger partial charge is 0.410 e. The number of nitrogens with zero attached hydrogens (tertiary/aromatic N) is 4. The number of nitrogen functional groups attached to an aromatic ring is 1. The fourth-order valence-corrected chi connectivity index (χ4v) is 5.09. The Hall–Kier alpha value is -2.00. The van der Waals surface area contributed by atoms with Crippen LogP contribution in [0.5, 0.6) is 0 Å². The van der Waals surface area contributed by atoms with E-state index in [9.17, 15) is 4.79 Å². The Morgan fingerprint density at radius 1 is 1.40 bits per heavy atom. The molecule has 2 aromatic rings. The predicted molar refractivity (Wildman–Crippen MR) is 98.2 cm³/mol. The first kappa shape index (κ1) is 16.5. The summed E-state index contributed by atoms with van der Waals surface area (Å²) in [4.78, 5) is 24.3. The molecule has 2 aliphatic rings. The lowest BCUT2D eigenvalue weighted by Crippen LogP contribution is -2.51. The molecule has 4 rings (SSSR count). The van der Waals surface area contributed by atoms with Crippen LogP contribution in [0.3, 0.4) is 0 Å². The van der Waals surface area contributed by atoms with Gasteiger partial charge in [0.05, 0.1) is 17.3 Å². The topological polar surface area (TPSA) is 84.6 Å². The van der Waals surface area contributed by atoms with Crippen LogP contribution < -0.4 is 10.6 Å². The highest BCUT2D eigenvalue weighted by Gasteiger charge is 2.46. The Morgan fingerprint density at radius 3 is 3.00 bits per heavy atom. The summed E-state index contributed by atoms with van der Waals surface area (Å²) in [5, 5.41) is 2.86. The van der Waals surface area contributed by atoms with Crippen molar-refractivity contribution in [2.45, 2.75) is 27.7 Å². The second-order valence-electron chi connectivity index (χ2n) is 6.39. The number of rotatable bonds is 3. The van der Waals surface area contributed by atoms with E-state index in [-0.39, 0.29) is 12.0 Å². The molecule has 7 nitrogen and oxygen atoms in total. The summed E-state index contributed by atoms with van der Waals surface area (Å²) in [7, 11) is 1.77. The van der Waals surface area contributed by atoms with Gasteiger partial charge in [-0.1, -0.05) is 17.8 Å². The van der Waals surface area contributed by atoms with Crippen molar-refractivity contribution < 1.29 is 9.53 Å². The van der Waals surface area contributed by atoms with Crippen molar-refractivity contribution in [3.05, 3.63) is 23.6 Å². The number of aromatic nitrogens is 2. The Bertz CT molecular complexity index is 785. The molecular formula is C16H19N5O2S2. The standard InChI is InChI=1S/C16H19N5O2S2/c1-20-9-16(23-15(20)22)5-3-6-21(10-16)11-8-12(19-14(17)18-11)25-13-4-2-7-24-13/h2,4,7-8H,3,5-6,9-10H2,1H3,(H2,17,18,19)/t16-/m1/s1. The molecule has 1 spiro atoms. The highest BCUT2D eigenvalue weighted by atomic mass is 32.2. The average Bonchev–Trinajstić information content (AvgIpc) is 3.15. The van der Waals surface area contributed by atoms with Crippen LogP contribution in [-0.4, -0.2) is 53.2 Å². The van der Waals surface area contributed by atoms with Crippen molar-refractivity contribution >= 4 is 41.0 Å². The molecule has 1 atom stereocenters. The average molecular weight is 377 g/mol. The number of thiophene rings is 1. The van der Waals surface area contributed by atoms with E-state index in [2.05, 4.69) is 20.9 Å². The number of ether oxygens (including phenoxy) is 1. The zero-order valence-corrected chi connectivity index (χ0v) is 15.5. The molecule has 1 amide bonds. The normalized spacial score (nSPS) is 23.3. The highest BCUT2D eigenvalue weighted by Crippen LogP contribution is 2.35. The number of amides is 1. The number of anilines is 2. The van der Waals surface area contributed by atoms with E-state index in [0.717, 1.165) is 34.4 Å². The lowest BCUT2D eigenvalue weighted by atomic mass is 9.93. The van der Waals surface area contributed by atoms with Crippen molar-refractivity contribution in [3.8, 4) is 0 Å². The van der Waals surface area contributed by atoms with Crippen molar-refractivity contribution in [1.29, 1.82) is 0 Å². The summed E-state index contributed by atoms with van der Waals surface area (Å²) in [6.07, 6.45) is 1.56. The van der Waals surface area contributed by atoms with Crippen LogP contribution in [0.1, 0.15) is 12.8 Å². The van der Waals surface area contributed by atoms with E-state index in [0.29, 0.717) is 13.1 Å². The molecule has 0 aliphatic carbocycles. The van der Waals surface area contributed by atoms with Gasteiger partial charge in [-0.05, 0) is 24.3 Å². The minimum Gasteiger partial charge on any atom is -0.439 e. The molecule has 0 radical (unpaired) electrons. The fourth-order valence-electron chi connectivity index (χ4n) is 3.37. The molecule has 132 valence electrons. The lowest BCUT2D eigenvalue weighted by Gasteiger charge is -2.39. The van der Waals surface area contributed by atoms with Crippen LogP contribution in [-0.2, 0) is 4.74 Å². The molecule has 0 unspecified atom stereocenters. The first-order valence-corrected chi connectivity index (χ1v) is 9.78. The minimum atomic E-state index is -0.454. The van der Waals surface area contributed by atoms with Crippen molar-refractivity contribution in [1.82, 2.24) is 14.9 Å². The number of carbonyl (C=O) groups excluding carboxylic acids is 1. The maximum atomic E-state index is 11.8. The summed E-state index contributed by atoms with van der Waals surface area (Å²) in [5.74, 6) is 1.05. The van der Waals surface area contributed by atoms with Gasteiger partial charge in [-0.3, -0.25) is 0 Å². The second kappa shape index (κ2) is 6.38. The van der Waals surface area contributed by atoms with Gasteiger partial charge >= 0.3 is 6.09 Å². The SMILES string of the molecule is CN1C[C@@]2(CCCN(c3cc(Sc4cccs4)nc(N)n3)C2)OC1=O. The Balaban J connectivity index is 1.56. The maximum Gasteiger partial charge on any atom is 0.410 e. The molecule has 2 fully saturated rings. The van der Waals surface area contributed by atoms with Crippen LogP contribution in [0.4, 0.5) is 16.6 Å². The number of carbonyl (C=O) groups is 1. The monoisotopic (exact) mass is 377 g/mol. The highest BCUT2D eigenvalue weighted by molar-refractivity contribution is 8.01. The number of hydrogen-bond acceptors (Lipinski definition) is 8. The van der Waals surface area contributed by atoms with E-state index in [1.165, 1.54) is 0 Å². The van der Waals surface area contributed by atoms with Crippen molar-refractivity contribution in [2.24, 2.45) is 0 Å². The van der Waals surface area contributed by atoms with Crippen LogP contribution in [0.25, 0.3) is 0 Å². The summed E-state index contributed by atoms with van der Waals surface area (Å²) >= 11 is 3.24. The van der Waals surface area contributed by atoms with E-state index in [1.54, 1.807) is 35.0 Å². The fraction of sp³-hybridized carbons (Fsp3) is 0.438. The number of piperidine rings is 1. The summed E-state index contributed by atoms with van der Waals surface area (Å²) < 4.78 is 6.82. The lowest BCUT2D eigenvalue weighted by molar-refractivity contribution is 0.0445. The molecule has 0 aromatic carbocycles. The number of hydrogen-bond donors (Lipinski definition) is 1. The Kier molecular flexibility index (Phi) is 4.20. The van der Waals surface area contributed by atoms with E-state index < -0.39 is 5.60 Å². The summed E-state index contributed by atoms with van der Waals surface area (Å²) in [5.41, 5.74) is 5.48. The zero-order chi connectivity index (χ0) is 17.4. The molecule has 0 bridgehead atoms. The van der Waals surface area contributed by atoms with Gasteiger partial charge in [-0.15, -0.1) is 11.3 Å². The van der Waals surface area contributed by atoms with Crippen molar-refractivity contribution in [3.63, 3.8) is 0 Å². The maximum absolute atomic E-state index is 11.8. The molecule has 0 saturated carbocycles. The predicted octanol–water partition coefficient (Wildman–Crippen LogP) is 2.69. The Morgan fingerprint density at radius 2 is 2.28 bits per heavy atom. The van der Waals surface area contributed by atoms with Gasteiger partial charge in [0.2, 0.25) is 5.95 Å². The molecule has 25 heavy (non-hydrogen) atoms. The van der Waals surface area contributed by atoms with Crippen LogP contribution in [0.15, 0.2) is 32.8 Å². The second-order valence-corrected chi connectivity index (χ2v) is 8.66. The third-order valence-corrected chi connectivity index (χ3v) is 6.37. The largest absolute Gasteiger partial charge is 0.439 e.